The largest absolute Gasteiger partial charge is 0.450 e. The molecule has 5 atom stereocenters. The van der Waals surface area contributed by atoms with Crippen LogP contribution in [-0.2, 0) is 14.9 Å². The maximum atomic E-state index is 12.5. The summed E-state index contributed by atoms with van der Waals surface area (Å²) in [6.07, 6.45) is 9.28. The molecule has 5 aliphatic rings. The van der Waals surface area contributed by atoms with Gasteiger partial charge in [-0.05, 0) is 93.8 Å². The van der Waals surface area contributed by atoms with Gasteiger partial charge < -0.3 is 15.0 Å². The Morgan fingerprint density at radius 2 is 1.91 bits per heavy atom. The first-order chi connectivity index (χ1) is 16.0. The Labute approximate surface area is 197 Å². The molecule has 0 aromatic heterocycles. The molecule has 6 nitrogen and oxygen atoms in total. The SMILES string of the molecule is CCOC(=O)N1C2CCC3CC(N4CCC5(CC[C@@H](NC(C)=O)c6ccccc65)CC4)CC321. The Hall–Kier alpha value is -2.08. The van der Waals surface area contributed by atoms with Crippen LogP contribution in [0.4, 0.5) is 4.79 Å². The smallest absolute Gasteiger partial charge is 0.410 e. The standard InChI is InChI=1S/C27H37N3O3/c1-3-33-25(32)30-24-9-8-19-16-20(17-27(19,24)30)29-14-12-26(13-15-29)11-10-23(28-18(2)31)21-6-4-5-7-22(21)26/h4-7,19-20,23-24H,3,8-17H2,1-2H3,(H,28,31)/t19?,20?,23-,24?,27?,30?/m1/s1. The van der Waals surface area contributed by atoms with Crippen LogP contribution < -0.4 is 5.32 Å². The van der Waals surface area contributed by atoms with Crippen LogP contribution in [0.5, 0.6) is 0 Å². The summed E-state index contributed by atoms with van der Waals surface area (Å²) in [5, 5.41) is 3.18. The summed E-state index contributed by atoms with van der Waals surface area (Å²) in [6.45, 7) is 6.25. The Morgan fingerprint density at radius 3 is 2.67 bits per heavy atom. The van der Waals surface area contributed by atoms with Gasteiger partial charge in [-0.3, -0.25) is 9.69 Å². The second-order valence-corrected chi connectivity index (χ2v) is 11.1. The fraction of sp³-hybridized carbons (Fsp3) is 0.704. The number of hydrogen-bond donors (Lipinski definition) is 1. The molecule has 6 rings (SSSR count). The summed E-state index contributed by atoms with van der Waals surface area (Å²) in [6, 6.07) is 9.98. The summed E-state index contributed by atoms with van der Waals surface area (Å²) < 4.78 is 5.37. The molecule has 6 heteroatoms. The van der Waals surface area contributed by atoms with E-state index in [0.717, 1.165) is 38.8 Å². The number of benzene rings is 1. The van der Waals surface area contributed by atoms with E-state index in [1.165, 1.54) is 36.8 Å². The molecule has 2 amide bonds. The van der Waals surface area contributed by atoms with E-state index in [4.69, 9.17) is 4.74 Å². The molecule has 1 aromatic carbocycles. The number of piperidine rings is 2. The zero-order valence-electron chi connectivity index (χ0n) is 20.0. The number of carbonyl (C=O) groups excluding carboxylic acids is 2. The monoisotopic (exact) mass is 451 g/mol. The maximum Gasteiger partial charge on any atom is 0.410 e. The van der Waals surface area contributed by atoms with Gasteiger partial charge in [-0.2, -0.15) is 0 Å². The third-order valence-corrected chi connectivity index (χ3v) is 9.82. The molecule has 2 aliphatic heterocycles. The van der Waals surface area contributed by atoms with E-state index in [9.17, 15) is 9.59 Å². The Kier molecular flexibility index (Phi) is 5.02. The van der Waals surface area contributed by atoms with Gasteiger partial charge in [0.05, 0.1) is 24.2 Å². The lowest BCUT2D eigenvalue weighted by Crippen LogP contribution is -2.49. The van der Waals surface area contributed by atoms with Crippen molar-refractivity contribution in [2.24, 2.45) is 5.92 Å². The molecule has 2 spiro atoms. The van der Waals surface area contributed by atoms with Crippen molar-refractivity contribution in [2.75, 3.05) is 19.7 Å². The van der Waals surface area contributed by atoms with E-state index in [0.29, 0.717) is 24.6 Å². The average molecular weight is 452 g/mol. The lowest BCUT2D eigenvalue weighted by atomic mass is 9.63. The van der Waals surface area contributed by atoms with Crippen LogP contribution in [0.2, 0.25) is 0 Å². The highest BCUT2D eigenvalue weighted by Gasteiger charge is 2.75. The lowest BCUT2D eigenvalue weighted by Gasteiger charge is -2.48. The molecule has 0 bridgehead atoms. The van der Waals surface area contributed by atoms with Crippen LogP contribution in [0.1, 0.15) is 82.4 Å². The third kappa shape index (κ3) is 3.16. The highest BCUT2D eigenvalue weighted by Crippen LogP contribution is 2.65. The summed E-state index contributed by atoms with van der Waals surface area (Å²) >= 11 is 0. The lowest BCUT2D eigenvalue weighted by molar-refractivity contribution is -0.119. The van der Waals surface area contributed by atoms with Crippen LogP contribution in [-0.4, -0.2) is 59.1 Å². The van der Waals surface area contributed by atoms with Crippen molar-refractivity contribution in [3.63, 3.8) is 0 Å². The number of ether oxygens (including phenoxy) is 1. The summed E-state index contributed by atoms with van der Waals surface area (Å²) in [5.74, 6) is 0.712. The van der Waals surface area contributed by atoms with Crippen molar-refractivity contribution < 1.29 is 14.3 Å². The summed E-state index contributed by atoms with van der Waals surface area (Å²) in [5.41, 5.74) is 3.14. The predicted octanol–water partition coefficient (Wildman–Crippen LogP) is 4.14. The zero-order valence-corrected chi connectivity index (χ0v) is 20.0. The molecule has 33 heavy (non-hydrogen) atoms. The summed E-state index contributed by atoms with van der Waals surface area (Å²) in [7, 11) is 0. The first-order valence-corrected chi connectivity index (χ1v) is 13.0. The van der Waals surface area contributed by atoms with Gasteiger partial charge in [0.1, 0.15) is 0 Å². The number of nitrogens with one attached hydrogen (secondary N) is 1. The second-order valence-electron chi connectivity index (χ2n) is 11.1. The topological polar surface area (TPSA) is 61.7 Å². The number of amides is 2. The third-order valence-electron chi connectivity index (χ3n) is 9.82. The van der Waals surface area contributed by atoms with Crippen molar-refractivity contribution in [3.8, 4) is 0 Å². The van der Waals surface area contributed by atoms with Crippen LogP contribution >= 0.6 is 0 Å². The Bertz CT molecular complexity index is 956. The molecular weight excluding hydrogens is 414 g/mol. The van der Waals surface area contributed by atoms with Gasteiger partial charge >= 0.3 is 6.09 Å². The van der Waals surface area contributed by atoms with E-state index in [1.54, 1.807) is 6.92 Å². The van der Waals surface area contributed by atoms with Crippen molar-refractivity contribution in [1.82, 2.24) is 15.1 Å². The summed E-state index contributed by atoms with van der Waals surface area (Å²) in [4.78, 5) is 29.1. The normalized spacial score (nSPS) is 36.1. The van der Waals surface area contributed by atoms with Crippen LogP contribution in [0.25, 0.3) is 0 Å². The van der Waals surface area contributed by atoms with E-state index >= 15 is 0 Å². The minimum atomic E-state index is -0.0852. The van der Waals surface area contributed by atoms with E-state index in [2.05, 4.69) is 39.4 Å². The second kappa shape index (κ2) is 7.72. The van der Waals surface area contributed by atoms with Gasteiger partial charge in [0.25, 0.3) is 0 Å². The Morgan fingerprint density at radius 1 is 1.12 bits per heavy atom. The molecule has 178 valence electrons. The van der Waals surface area contributed by atoms with Crippen LogP contribution in [0.15, 0.2) is 24.3 Å². The minimum absolute atomic E-state index is 0.0574. The number of likely N-dealkylation sites (tertiary alicyclic amines) is 2. The minimum Gasteiger partial charge on any atom is -0.450 e. The first-order valence-electron chi connectivity index (χ1n) is 13.0. The molecule has 4 fully saturated rings. The molecule has 4 unspecified atom stereocenters. The molecule has 1 N–H and O–H groups in total. The number of carbonyl (C=O) groups is 2. The molecular formula is C27H37N3O3. The molecule has 2 saturated heterocycles. The van der Waals surface area contributed by atoms with Gasteiger partial charge in [-0.25, -0.2) is 4.79 Å². The number of hydrogen-bond acceptors (Lipinski definition) is 4. The van der Waals surface area contributed by atoms with Gasteiger partial charge in [0, 0.05) is 13.0 Å². The molecule has 2 saturated carbocycles. The fourth-order valence-corrected chi connectivity index (χ4v) is 8.37. The Balaban J connectivity index is 1.15. The van der Waals surface area contributed by atoms with Crippen LogP contribution in [0.3, 0.4) is 0 Å². The average Bonchev–Trinajstić information content (AvgIpc) is 3.08. The number of rotatable bonds is 3. The zero-order chi connectivity index (χ0) is 22.8. The van der Waals surface area contributed by atoms with Gasteiger partial charge in [0.15, 0.2) is 0 Å². The van der Waals surface area contributed by atoms with Crippen LogP contribution in [0, 0.1) is 5.92 Å². The highest BCUT2D eigenvalue weighted by atomic mass is 16.6. The van der Waals surface area contributed by atoms with Crippen molar-refractivity contribution in [3.05, 3.63) is 35.4 Å². The van der Waals surface area contributed by atoms with E-state index in [1.807, 2.05) is 6.92 Å². The molecule has 2 heterocycles. The molecule has 3 aliphatic carbocycles. The number of nitrogens with zero attached hydrogens (tertiary/aromatic N) is 2. The van der Waals surface area contributed by atoms with Gasteiger partial charge in [0.2, 0.25) is 5.91 Å². The van der Waals surface area contributed by atoms with Crippen molar-refractivity contribution in [1.29, 1.82) is 0 Å². The van der Waals surface area contributed by atoms with Crippen molar-refractivity contribution in [2.45, 2.75) is 94.3 Å². The first kappa shape index (κ1) is 21.5. The highest BCUT2D eigenvalue weighted by molar-refractivity contribution is 5.75. The fourth-order valence-electron chi connectivity index (χ4n) is 8.37. The van der Waals surface area contributed by atoms with Gasteiger partial charge in [-0.1, -0.05) is 24.3 Å². The molecule has 0 radical (unpaired) electrons. The van der Waals surface area contributed by atoms with E-state index < -0.39 is 0 Å². The predicted molar refractivity (Wildman–Crippen MR) is 126 cm³/mol. The quantitative estimate of drug-likeness (QED) is 0.702. The van der Waals surface area contributed by atoms with Gasteiger partial charge in [-0.15, -0.1) is 0 Å². The van der Waals surface area contributed by atoms with E-state index in [-0.39, 0.29) is 29.0 Å². The van der Waals surface area contributed by atoms with Crippen molar-refractivity contribution >= 4 is 12.0 Å². The number of fused-ring (bicyclic) bond motifs is 2. The molecule has 1 aromatic rings. The maximum absolute atomic E-state index is 12.5.